The molecule has 0 spiro atoms. The summed E-state index contributed by atoms with van der Waals surface area (Å²) >= 11 is 0. The van der Waals surface area contributed by atoms with Crippen LogP contribution in [-0.4, -0.2) is 33.0 Å². The largest absolute Gasteiger partial charge is 0.411 e. The minimum absolute atomic E-state index is 0.0607. The van der Waals surface area contributed by atoms with Crippen molar-refractivity contribution in [3.05, 3.63) is 35.4 Å². The van der Waals surface area contributed by atoms with Crippen LogP contribution in [0.2, 0.25) is 0 Å². The van der Waals surface area contributed by atoms with Crippen LogP contribution in [0.1, 0.15) is 17.0 Å². The Morgan fingerprint density at radius 2 is 1.94 bits per heavy atom. The molecule has 1 aromatic carbocycles. The fraction of sp³-hybridized carbons (Fsp3) is 0.538. The average Bonchev–Trinajstić information content (AvgIpc) is 2.27. The summed E-state index contributed by atoms with van der Waals surface area (Å²) in [5, 5.41) is 2.98. The number of rotatable bonds is 6. The van der Waals surface area contributed by atoms with Crippen molar-refractivity contribution in [2.75, 3.05) is 26.8 Å². The molecule has 1 rings (SSSR count). The maximum atomic E-state index is 12.0. The fourth-order valence-electron chi connectivity index (χ4n) is 1.87. The molecule has 0 saturated carbocycles. The summed E-state index contributed by atoms with van der Waals surface area (Å²) in [6, 6.07) is 7.66. The van der Waals surface area contributed by atoms with Crippen LogP contribution >= 0.6 is 0 Å². The highest BCUT2D eigenvalue weighted by atomic mass is 19.4. The summed E-state index contributed by atoms with van der Waals surface area (Å²) in [6.07, 6.45) is -4.27. The van der Waals surface area contributed by atoms with E-state index in [9.17, 15) is 13.2 Å². The zero-order valence-corrected chi connectivity index (χ0v) is 10.6. The van der Waals surface area contributed by atoms with E-state index in [-0.39, 0.29) is 12.5 Å². The molecule has 102 valence electrons. The minimum atomic E-state index is -4.27. The van der Waals surface area contributed by atoms with Gasteiger partial charge in [0, 0.05) is 12.5 Å². The second kappa shape index (κ2) is 6.75. The van der Waals surface area contributed by atoms with Gasteiger partial charge < -0.3 is 10.1 Å². The molecule has 0 saturated heterocycles. The van der Waals surface area contributed by atoms with Gasteiger partial charge in [-0.1, -0.05) is 24.3 Å². The minimum Gasteiger partial charge on any atom is -0.371 e. The van der Waals surface area contributed by atoms with Crippen molar-refractivity contribution in [2.24, 2.45) is 0 Å². The highest BCUT2D eigenvalue weighted by Crippen LogP contribution is 2.21. The molecule has 2 nitrogen and oxygen atoms in total. The van der Waals surface area contributed by atoms with E-state index in [1.54, 1.807) is 7.05 Å². The molecule has 0 aliphatic heterocycles. The van der Waals surface area contributed by atoms with Crippen LogP contribution in [0, 0.1) is 6.92 Å². The third kappa shape index (κ3) is 5.06. The Bertz CT molecular complexity index is 365. The Morgan fingerprint density at radius 3 is 2.50 bits per heavy atom. The summed E-state index contributed by atoms with van der Waals surface area (Å²) in [5.41, 5.74) is 2.09. The second-order valence-electron chi connectivity index (χ2n) is 4.24. The SMILES string of the molecule is CNCC(COCC(F)(F)F)c1ccccc1C. The molecule has 0 aliphatic rings. The van der Waals surface area contributed by atoms with Crippen molar-refractivity contribution in [3.63, 3.8) is 0 Å². The monoisotopic (exact) mass is 261 g/mol. The van der Waals surface area contributed by atoms with Crippen LogP contribution < -0.4 is 5.32 Å². The van der Waals surface area contributed by atoms with Crippen molar-refractivity contribution in [3.8, 4) is 0 Å². The summed E-state index contributed by atoms with van der Waals surface area (Å²) < 4.78 is 40.9. The number of likely N-dealkylation sites (N-methyl/N-ethyl adjacent to an activating group) is 1. The van der Waals surface area contributed by atoms with E-state index in [2.05, 4.69) is 5.32 Å². The van der Waals surface area contributed by atoms with E-state index in [1.165, 1.54) is 0 Å². The predicted octanol–water partition coefficient (Wildman–Crippen LogP) is 2.88. The van der Waals surface area contributed by atoms with Crippen LogP contribution in [-0.2, 0) is 4.74 Å². The van der Waals surface area contributed by atoms with Gasteiger partial charge in [0.15, 0.2) is 0 Å². The smallest absolute Gasteiger partial charge is 0.371 e. The normalized spacial score (nSPS) is 13.6. The molecule has 5 heteroatoms. The molecule has 0 aliphatic carbocycles. The van der Waals surface area contributed by atoms with E-state index < -0.39 is 12.8 Å². The number of aryl methyl sites for hydroxylation is 1. The number of benzene rings is 1. The maximum Gasteiger partial charge on any atom is 0.411 e. The van der Waals surface area contributed by atoms with E-state index in [4.69, 9.17) is 4.74 Å². The van der Waals surface area contributed by atoms with E-state index in [0.717, 1.165) is 11.1 Å². The Hall–Kier alpha value is -1.07. The number of hydrogen-bond acceptors (Lipinski definition) is 2. The summed E-state index contributed by atoms with van der Waals surface area (Å²) in [4.78, 5) is 0. The lowest BCUT2D eigenvalue weighted by molar-refractivity contribution is -0.174. The topological polar surface area (TPSA) is 21.3 Å². The van der Waals surface area contributed by atoms with Crippen LogP contribution in [0.4, 0.5) is 13.2 Å². The third-order valence-electron chi connectivity index (χ3n) is 2.66. The van der Waals surface area contributed by atoms with Crippen molar-refractivity contribution in [2.45, 2.75) is 19.0 Å². The van der Waals surface area contributed by atoms with Gasteiger partial charge in [-0.3, -0.25) is 0 Å². The Balaban J connectivity index is 2.63. The first-order chi connectivity index (χ1) is 8.44. The molecule has 1 atom stereocenters. The van der Waals surface area contributed by atoms with Crippen LogP contribution in [0.5, 0.6) is 0 Å². The van der Waals surface area contributed by atoms with Crippen molar-refractivity contribution in [1.82, 2.24) is 5.32 Å². The number of alkyl halides is 3. The maximum absolute atomic E-state index is 12.0. The lowest BCUT2D eigenvalue weighted by atomic mass is 9.95. The van der Waals surface area contributed by atoms with Crippen LogP contribution in [0.25, 0.3) is 0 Å². The van der Waals surface area contributed by atoms with Crippen molar-refractivity contribution in [1.29, 1.82) is 0 Å². The molecule has 18 heavy (non-hydrogen) atoms. The second-order valence-corrected chi connectivity index (χ2v) is 4.24. The number of hydrogen-bond donors (Lipinski definition) is 1. The molecule has 0 bridgehead atoms. The van der Waals surface area contributed by atoms with E-state index in [1.807, 2.05) is 31.2 Å². The molecule has 0 radical (unpaired) electrons. The Labute approximate surface area is 105 Å². The first-order valence-corrected chi connectivity index (χ1v) is 5.78. The zero-order valence-electron chi connectivity index (χ0n) is 10.6. The van der Waals surface area contributed by atoms with Gasteiger partial charge in [0.2, 0.25) is 0 Å². The van der Waals surface area contributed by atoms with Gasteiger partial charge in [0.25, 0.3) is 0 Å². The van der Waals surface area contributed by atoms with Gasteiger partial charge in [0.05, 0.1) is 6.61 Å². The standard InChI is InChI=1S/C13H18F3NO/c1-10-5-3-4-6-12(10)11(7-17-2)8-18-9-13(14,15)16/h3-6,11,17H,7-9H2,1-2H3. The Morgan fingerprint density at radius 1 is 1.28 bits per heavy atom. The highest BCUT2D eigenvalue weighted by Gasteiger charge is 2.28. The molecule has 1 unspecified atom stereocenters. The first-order valence-electron chi connectivity index (χ1n) is 5.78. The fourth-order valence-corrected chi connectivity index (χ4v) is 1.87. The van der Waals surface area contributed by atoms with E-state index >= 15 is 0 Å². The molecule has 1 N–H and O–H groups in total. The van der Waals surface area contributed by atoms with Gasteiger partial charge in [-0.25, -0.2) is 0 Å². The molecule has 0 heterocycles. The first kappa shape index (κ1) is 15.0. The third-order valence-corrected chi connectivity index (χ3v) is 2.66. The zero-order chi connectivity index (χ0) is 13.6. The summed E-state index contributed by atoms with van der Waals surface area (Å²) in [7, 11) is 1.77. The summed E-state index contributed by atoms with van der Waals surface area (Å²) in [5.74, 6) is -0.0708. The molecule has 0 aromatic heterocycles. The van der Waals surface area contributed by atoms with Crippen molar-refractivity contribution >= 4 is 0 Å². The quantitative estimate of drug-likeness (QED) is 0.850. The predicted molar refractivity (Wildman–Crippen MR) is 64.7 cm³/mol. The van der Waals surface area contributed by atoms with Crippen LogP contribution in [0.3, 0.4) is 0 Å². The molecule has 1 aromatic rings. The molecule has 0 fully saturated rings. The van der Waals surface area contributed by atoms with E-state index in [0.29, 0.717) is 6.54 Å². The van der Waals surface area contributed by atoms with Gasteiger partial charge in [-0.2, -0.15) is 13.2 Å². The summed E-state index contributed by atoms with van der Waals surface area (Å²) in [6.45, 7) is 1.40. The molecular weight excluding hydrogens is 243 g/mol. The number of ether oxygens (including phenoxy) is 1. The molecule has 0 amide bonds. The lowest BCUT2D eigenvalue weighted by Gasteiger charge is -2.19. The number of nitrogens with one attached hydrogen (secondary N) is 1. The Kier molecular flexibility index (Phi) is 5.62. The van der Waals surface area contributed by atoms with Gasteiger partial charge >= 0.3 is 6.18 Å². The lowest BCUT2D eigenvalue weighted by Crippen LogP contribution is -2.25. The van der Waals surface area contributed by atoms with Gasteiger partial charge in [-0.05, 0) is 25.1 Å². The van der Waals surface area contributed by atoms with Crippen molar-refractivity contribution < 1.29 is 17.9 Å². The molecular formula is C13H18F3NO. The van der Waals surface area contributed by atoms with Gasteiger partial charge in [-0.15, -0.1) is 0 Å². The number of halogens is 3. The van der Waals surface area contributed by atoms with Gasteiger partial charge in [0.1, 0.15) is 6.61 Å². The van der Waals surface area contributed by atoms with Crippen LogP contribution in [0.15, 0.2) is 24.3 Å². The highest BCUT2D eigenvalue weighted by molar-refractivity contribution is 5.29. The average molecular weight is 261 g/mol.